The van der Waals surface area contributed by atoms with Gasteiger partial charge in [-0.2, -0.15) is 0 Å². The number of alkyl halides is 2. The highest BCUT2D eigenvalue weighted by molar-refractivity contribution is 5.84. The molecular weight excluding hydrogens is 316 g/mol. The van der Waals surface area contributed by atoms with Crippen molar-refractivity contribution >= 4 is 10.8 Å². The molecule has 0 amide bonds. The molecule has 0 N–H and O–H groups in total. The van der Waals surface area contributed by atoms with Gasteiger partial charge in [-0.25, -0.2) is 17.6 Å². The van der Waals surface area contributed by atoms with Gasteiger partial charge in [0.2, 0.25) is 5.67 Å². The van der Waals surface area contributed by atoms with Gasteiger partial charge < -0.3 is 0 Å². The molecule has 0 bridgehead atoms. The highest BCUT2D eigenvalue weighted by Crippen LogP contribution is 2.37. The Morgan fingerprint density at radius 2 is 1.83 bits per heavy atom. The molecular formula is C20H16F4. The molecule has 124 valence electrons. The largest absolute Gasteiger partial charge is 0.243 e. The van der Waals surface area contributed by atoms with Crippen LogP contribution in [0.3, 0.4) is 0 Å². The van der Waals surface area contributed by atoms with Gasteiger partial charge in [-0.1, -0.05) is 24.0 Å². The van der Waals surface area contributed by atoms with E-state index in [2.05, 4.69) is 18.4 Å². The maximum absolute atomic E-state index is 14.7. The first kappa shape index (κ1) is 16.6. The zero-order valence-electron chi connectivity index (χ0n) is 13.0. The molecule has 1 fully saturated rings. The lowest BCUT2D eigenvalue weighted by atomic mass is 9.79. The molecule has 2 aromatic rings. The average Bonchev–Trinajstić information content (AvgIpc) is 2.57. The molecule has 2 aromatic carbocycles. The summed E-state index contributed by atoms with van der Waals surface area (Å²) in [6.07, 6.45) is 0.601. The second-order valence-corrected chi connectivity index (χ2v) is 6.18. The predicted octanol–water partition coefficient (Wildman–Crippen LogP) is 5.50. The number of hydrogen-bond acceptors (Lipinski definition) is 0. The Bertz CT molecular complexity index is 846. The van der Waals surface area contributed by atoms with Gasteiger partial charge in [-0.3, -0.25) is 0 Å². The molecule has 0 radical (unpaired) electrons. The Morgan fingerprint density at radius 1 is 1.12 bits per heavy atom. The van der Waals surface area contributed by atoms with Crippen molar-refractivity contribution in [2.24, 2.45) is 5.92 Å². The lowest BCUT2D eigenvalue weighted by Gasteiger charge is -2.32. The van der Waals surface area contributed by atoms with Crippen LogP contribution in [0.5, 0.6) is 0 Å². The molecule has 1 saturated carbocycles. The van der Waals surface area contributed by atoms with E-state index in [1.165, 1.54) is 6.07 Å². The van der Waals surface area contributed by atoms with Crippen molar-refractivity contribution in [3.63, 3.8) is 0 Å². The maximum atomic E-state index is 14.7. The Morgan fingerprint density at radius 3 is 2.50 bits per heavy atom. The highest BCUT2D eigenvalue weighted by Gasteiger charge is 2.42. The third kappa shape index (κ3) is 3.17. The SMILES string of the molecule is C=CC1CCC(F)(C#Cc2ccc3cc(F)c(F)cc3c2)C(F)C1. The van der Waals surface area contributed by atoms with Gasteiger partial charge in [0.15, 0.2) is 11.6 Å². The van der Waals surface area contributed by atoms with Crippen LogP contribution in [0.25, 0.3) is 10.8 Å². The summed E-state index contributed by atoms with van der Waals surface area (Å²) in [4.78, 5) is 0. The van der Waals surface area contributed by atoms with Crippen LogP contribution in [0.4, 0.5) is 17.6 Å². The fraction of sp³-hybridized carbons (Fsp3) is 0.300. The summed E-state index contributed by atoms with van der Waals surface area (Å²) in [7, 11) is 0. The van der Waals surface area contributed by atoms with E-state index in [0.717, 1.165) is 12.1 Å². The molecule has 1 aliphatic carbocycles. The molecule has 3 rings (SSSR count). The number of rotatable bonds is 1. The topological polar surface area (TPSA) is 0 Å². The summed E-state index contributed by atoms with van der Waals surface area (Å²) in [5.41, 5.74) is -1.74. The molecule has 1 aliphatic rings. The normalized spacial score (nSPS) is 26.7. The van der Waals surface area contributed by atoms with E-state index >= 15 is 0 Å². The maximum Gasteiger partial charge on any atom is 0.202 e. The van der Waals surface area contributed by atoms with Crippen molar-refractivity contribution in [3.8, 4) is 11.8 Å². The van der Waals surface area contributed by atoms with Gasteiger partial charge in [0, 0.05) is 5.56 Å². The number of allylic oxidation sites excluding steroid dienone is 1. The Hall–Kier alpha value is -2.28. The average molecular weight is 332 g/mol. The summed E-state index contributed by atoms with van der Waals surface area (Å²) in [6.45, 7) is 3.62. The number of hydrogen-bond donors (Lipinski definition) is 0. The van der Waals surface area contributed by atoms with Crippen molar-refractivity contribution in [3.05, 3.63) is 60.2 Å². The number of halogens is 4. The number of fused-ring (bicyclic) bond motifs is 1. The minimum atomic E-state index is -2.18. The lowest BCUT2D eigenvalue weighted by Crippen LogP contribution is -2.39. The molecule has 0 aromatic heterocycles. The van der Waals surface area contributed by atoms with Crippen LogP contribution in [-0.4, -0.2) is 11.8 Å². The number of benzene rings is 2. The van der Waals surface area contributed by atoms with Crippen molar-refractivity contribution in [2.75, 3.05) is 0 Å². The Balaban J connectivity index is 1.89. The highest BCUT2D eigenvalue weighted by atomic mass is 19.2. The van der Waals surface area contributed by atoms with Gasteiger partial charge in [0.25, 0.3) is 0 Å². The fourth-order valence-corrected chi connectivity index (χ4v) is 2.97. The quantitative estimate of drug-likeness (QED) is 0.367. The van der Waals surface area contributed by atoms with Crippen LogP contribution in [0.1, 0.15) is 24.8 Å². The van der Waals surface area contributed by atoms with Crippen LogP contribution in [0, 0.1) is 29.4 Å². The van der Waals surface area contributed by atoms with Crippen molar-refractivity contribution in [2.45, 2.75) is 31.1 Å². The summed E-state index contributed by atoms with van der Waals surface area (Å²) >= 11 is 0. The van der Waals surface area contributed by atoms with Crippen LogP contribution >= 0.6 is 0 Å². The van der Waals surface area contributed by atoms with Crippen LogP contribution in [-0.2, 0) is 0 Å². The van der Waals surface area contributed by atoms with E-state index in [1.54, 1.807) is 18.2 Å². The van der Waals surface area contributed by atoms with Gasteiger partial charge in [0.05, 0.1) is 0 Å². The van der Waals surface area contributed by atoms with Crippen molar-refractivity contribution < 1.29 is 17.6 Å². The molecule has 0 saturated heterocycles. The summed E-state index contributed by atoms with van der Waals surface area (Å²) in [5.74, 6) is 3.13. The monoisotopic (exact) mass is 332 g/mol. The molecule has 3 unspecified atom stereocenters. The molecule has 24 heavy (non-hydrogen) atoms. The zero-order valence-corrected chi connectivity index (χ0v) is 13.0. The standard InChI is InChI=1S/C20H16F4/c1-2-13-5-7-20(24,19(23)10-13)8-6-14-3-4-15-11-17(21)18(22)12-16(15)9-14/h2-4,9,11-13,19H,1,5,7,10H2. The minimum absolute atomic E-state index is 0.0191. The van der Waals surface area contributed by atoms with E-state index in [-0.39, 0.29) is 18.8 Å². The predicted molar refractivity (Wildman–Crippen MR) is 87.0 cm³/mol. The van der Waals surface area contributed by atoms with E-state index in [1.807, 2.05) is 0 Å². The molecule has 0 spiro atoms. The first-order chi connectivity index (χ1) is 11.4. The zero-order chi connectivity index (χ0) is 17.3. The third-order valence-corrected chi connectivity index (χ3v) is 4.51. The van der Waals surface area contributed by atoms with Crippen LogP contribution in [0.15, 0.2) is 43.0 Å². The second-order valence-electron chi connectivity index (χ2n) is 6.18. The van der Waals surface area contributed by atoms with Crippen molar-refractivity contribution in [1.82, 2.24) is 0 Å². The van der Waals surface area contributed by atoms with Gasteiger partial charge >= 0.3 is 0 Å². The summed E-state index contributed by atoms with van der Waals surface area (Å²) in [6, 6.07) is 6.85. The van der Waals surface area contributed by atoms with Crippen LogP contribution < -0.4 is 0 Å². The van der Waals surface area contributed by atoms with Gasteiger partial charge in [-0.15, -0.1) is 6.58 Å². The molecule has 0 aliphatic heterocycles. The Kier molecular flexibility index (Phi) is 4.36. The van der Waals surface area contributed by atoms with Gasteiger partial charge in [0.1, 0.15) is 6.17 Å². The third-order valence-electron chi connectivity index (χ3n) is 4.51. The first-order valence-corrected chi connectivity index (χ1v) is 7.79. The van der Waals surface area contributed by atoms with E-state index < -0.39 is 23.5 Å². The second kappa shape index (κ2) is 6.32. The molecule has 0 heterocycles. The van der Waals surface area contributed by atoms with E-state index in [0.29, 0.717) is 22.8 Å². The molecule has 3 atom stereocenters. The smallest absolute Gasteiger partial charge is 0.202 e. The van der Waals surface area contributed by atoms with E-state index in [4.69, 9.17) is 0 Å². The summed E-state index contributed by atoms with van der Waals surface area (Å²) in [5, 5.41) is 0.977. The Labute approximate surface area is 138 Å². The van der Waals surface area contributed by atoms with E-state index in [9.17, 15) is 17.6 Å². The minimum Gasteiger partial charge on any atom is -0.243 e. The molecule has 4 heteroatoms. The van der Waals surface area contributed by atoms with Gasteiger partial charge in [-0.05, 0) is 60.2 Å². The first-order valence-electron chi connectivity index (χ1n) is 7.79. The van der Waals surface area contributed by atoms with Crippen LogP contribution in [0.2, 0.25) is 0 Å². The van der Waals surface area contributed by atoms with Crippen molar-refractivity contribution in [1.29, 1.82) is 0 Å². The fourth-order valence-electron chi connectivity index (χ4n) is 2.97. The summed E-state index contributed by atoms with van der Waals surface area (Å²) < 4.78 is 55.3. The molecule has 0 nitrogen and oxygen atoms in total. The lowest BCUT2D eigenvalue weighted by molar-refractivity contribution is 0.0478.